The van der Waals surface area contributed by atoms with Crippen LogP contribution < -0.4 is 0 Å². The van der Waals surface area contributed by atoms with Gasteiger partial charge in [0.25, 0.3) is 0 Å². The molecule has 0 fully saturated rings. The Labute approximate surface area is 149 Å². The molecule has 1 aromatic carbocycles. The zero-order chi connectivity index (χ0) is 22.2. The van der Waals surface area contributed by atoms with Crippen molar-refractivity contribution in [1.29, 1.82) is 0 Å². The number of rotatable bonds is 7. The first-order valence-corrected chi connectivity index (χ1v) is 6.89. The smallest absolute Gasteiger partial charge is 0.457 e. The van der Waals surface area contributed by atoms with E-state index in [2.05, 4.69) is 11.3 Å². The Morgan fingerprint density at radius 1 is 0.786 bits per heavy atom. The van der Waals surface area contributed by atoms with Gasteiger partial charge in [0, 0.05) is 0 Å². The van der Waals surface area contributed by atoms with E-state index in [0.717, 1.165) is 0 Å². The standard InChI is InChI=1S/C15H9F11O2/c1-8(10(27)28-7-9-5-3-2-4-6-9)11(16,17)12(18,19)13(20,21)14(22,23)15(24,25)26/h2-6H,1,7H2. The Kier molecular flexibility index (Phi) is 6.13. The lowest BCUT2D eigenvalue weighted by atomic mass is 9.94. The minimum atomic E-state index is -7.62. The summed E-state index contributed by atoms with van der Waals surface area (Å²) in [4.78, 5) is 11.4. The molecular weight excluding hydrogens is 421 g/mol. The predicted molar refractivity (Wildman–Crippen MR) is 71.2 cm³/mol. The number of benzene rings is 1. The van der Waals surface area contributed by atoms with Crippen LogP contribution in [-0.2, 0) is 16.1 Å². The lowest BCUT2D eigenvalue weighted by Crippen LogP contribution is -2.67. The third-order valence-electron chi connectivity index (χ3n) is 3.38. The van der Waals surface area contributed by atoms with Crippen molar-refractivity contribution in [2.45, 2.75) is 36.5 Å². The third-order valence-corrected chi connectivity index (χ3v) is 3.38. The number of hydrogen-bond donors (Lipinski definition) is 0. The molecule has 1 aromatic rings. The highest BCUT2D eigenvalue weighted by Crippen LogP contribution is 2.58. The van der Waals surface area contributed by atoms with Crippen molar-refractivity contribution < 1.29 is 57.8 Å². The van der Waals surface area contributed by atoms with Gasteiger partial charge in [0.2, 0.25) is 0 Å². The summed E-state index contributed by atoms with van der Waals surface area (Å²) in [5.41, 5.74) is -2.60. The van der Waals surface area contributed by atoms with Gasteiger partial charge >= 0.3 is 35.8 Å². The summed E-state index contributed by atoms with van der Waals surface area (Å²) < 4.78 is 146. The van der Waals surface area contributed by atoms with Crippen LogP contribution in [0, 0.1) is 0 Å². The lowest BCUT2D eigenvalue weighted by Gasteiger charge is -2.37. The molecule has 1 rings (SSSR count). The number of alkyl halides is 11. The van der Waals surface area contributed by atoms with Gasteiger partial charge in [-0.05, 0) is 5.56 Å². The van der Waals surface area contributed by atoms with Crippen LogP contribution in [0.4, 0.5) is 48.3 Å². The average molecular weight is 430 g/mol. The van der Waals surface area contributed by atoms with Crippen molar-refractivity contribution >= 4 is 5.97 Å². The van der Waals surface area contributed by atoms with Gasteiger partial charge in [0.15, 0.2) is 0 Å². The molecular formula is C15H9F11O2. The van der Waals surface area contributed by atoms with E-state index >= 15 is 0 Å². The number of halogens is 11. The maximum absolute atomic E-state index is 13.7. The molecule has 0 radical (unpaired) electrons. The second-order valence-corrected chi connectivity index (χ2v) is 5.34. The van der Waals surface area contributed by atoms with Crippen LogP contribution in [0.1, 0.15) is 5.56 Å². The molecule has 0 amide bonds. The molecule has 0 spiro atoms. The topological polar surface area (TPSA) is 26.3 Å². The number of carbonyl (C=O) groups excluding carboxylic acids is 1. The summed E-state index contributed by atoms with van der Waals surface area (Å²) in [5.74, 6) is -31.4. The number of carbonyl (C=O) groups is 1. The van der Waals surface area contributed by atoms with Crippen molar-refractivity contribution in [2.75, 3.05) is 0 Å². The van der Waals surface area contributed by atoms with Gasteiger partial charge in [-0.3, -0.25) is 0 Å². The van der Waals surface area contributed by atoms with Crippen LogP contribution in [0.2, 0.25) is 0 Å². The molecule has 0 N–H and O–H groups in total. The normalized spacial score (nSPS) is 14.0. The minimum Gasteiger partial charge on any atom is -0.457 e. The quantitative estimate of drug-likeness (QED) is 0.330. The average Bonchev–Trinajstić information content (AvgIpc) is 2.58. The molecule has 0 aliphatic rings. The summed E-state index contributed by atoms with van der Waals surface area (Å²) in [6.45, 7) is 1.27. The van der Waals surface area contributed by atoms with Gasteiger partial charge in [-0.2, -0.15) is 48.3 Å². The Balaban J connectivity index is 3.13. The molecule has 0 aromatic heterocycles. The second kappa shape index (κ2) is 7.24. The van der Waals surface area contributed by atoms with E-state index in [1.54, 1.807) is 0 Å². The molecule has 28 heavy (non-hydrogen) atoms. The molecule has 13 heteroatoms. The fourth-order valence-corrected chi connectivity index (χ4v) is 1.70. The van der Waals surface area contributed by atoms with Crippen molar-refractivity contribution in [3.05, 3.63) is 48.0 Å². The van der Waals surface area contributed by atoms with Crippen molar-refractivity contribution in [3.8, 4) is 0 Å². The highest BCUT2D eigenvalue weighted by Gasteiger charge is 2.87. The SMILES string of the molecule is C=C(C(=O)OCc1ccccc1)C(F)(F)C(F)(F)C(F)(F)C(F)(F)C(F)(F)F. The highest BCUT2D eigenvalue weighted by molar-refractivity contribution is 5.90. The van der Waals surface area contributed by atoms with Crippen molar-refractivity contribution in [2.24, 2.45) is 0 Å². The van der Waals surface area contributed by atoms with Crippen molar-refractivity contribution in [3.63, 3.8) is 0 Å². The van der Waals surface area contributed by atoms with Crippen LogP contribution in [0.15, 0.2) is 42.5 Å². The predicted octanol–water partition coefficient (Wildman–Crippen LogP) is 5.39. The summed E-state index contributed by atoms with van der Waals surface area (Å²) in [6.07, 6.45) is -7.29. The molecule has 0 heterocycles. The molecule has 0 unspecified atom stereocenters. The molecule has 0 aliphatic heterocycles. The van der Waals surface area contributed by atoms with Gasteiger partial charge in [-0.1, -0.05) is 36.9 Å². The van der Waals surface area contributed by atoms with Crippen molar-refractivity contribution in [1.82, 2.24) is 0 Å². The molecule has 158 valence electrons. The van der Waals surface area contributed by atoms with E-state index in [1.807, 2.05) is 0 Å². The third kappa shape index (κ3) is 3.78. The van der Waals surface area contributed by atoms with Gasteiger partial charge < -0.3 is 4.74 Å². The number of esters is 1. The Morgan fingerprint density at radius 2 is 1.25 bits per heavy atom. The zero-order valence-corrected chi connectivity index (χ0v) is 13.3. The summed E-state index contributed by atoms with van der Waals surface area (Å²) in [6, 6.07) is 6.82. The van der Waals surface area contributed by atoms with Crippen LogP contribution in [0.3, 0.4) is 0 Å². The Bertz CT molecular complexity index is 723. The molecule has 0 bridgehead atoms. The maximum Gasteiger partial charge on any atom is 0.460 e. The van der Waals surface area contributed by atoms with Crippen LogP contribution >= 0.6 is 0 Å². The Morgan fingerprint density at radius 3 is 1.68 bits per heavy atom. The monoisotopic (exact) mass is 430 g/mol. The largest absolute Gasteiger partial charge is 0.460 e. The molecule has 0 atom stereocenters. The van der Waals surface area contributed by atoms with E-state index < -0.39 is 48.0 Å². The fraction of sp³-hybridized carbons (Fsp3) is 0.400. The van der Waals surface area contributed by atoms with E-state index in [-0.39, 0.29) is 5.56 Å². The first-order valence-electron chi connectivity index (χ1n) is 6.89. The summed E-state index contributed by atoms with van der Waals surface area (Å²) >= 11 is 0. The van der Waals surface area contributed by atoms with E-state index in [1.165, 1.54) is 30.3 Å². The van der Waals surface area contributed by atoms with E-state index in [0.29, 0.717) is 0 Å². The van der Waals surface area contributed by atoms with E-state index in [9.17, 15) is 53.1 Å². The first kappa shape index (κ1) is 23.7. The van der Waals surface area contributed by atoms with Crippen LogP contribution in [0.25, 0.3) is 0 Å². The molecule has 0 aliphatic carbocycles. The first-order chi connectivity index (χ1) is 12.4. The number of hydrogen-bond acceptors (Lipinski definition) is 2. The zero-order valence-electron chi connectivity index (χ0n) is 13.3. The maximum atomic E-state index is 13.7. The van der Waals surface area contributed by atoms with Crippen LogP contribution in [0.5, 0.6) is 0 Å². The molecule has 2 nitrogen and oxygen atoms in total. The second-order valence-electron chi connectivity index (χ2n) is 5.34. The summed E-state index contributed by atoms with van der Waals surface area (Å²) in [7, 11) is 0. The lowest BCUT2D eigenvalue weighted by molar-refractivity contribution is -0.417. The highest BCUT2D eigenvalue weighted by atomic mass is 19.4. The fourth-order valence-electron chi connectivity index (χ4n) is 1.70. The van der Waals surface area contributed by atoms with Gasteiger partial charge in [0.05, 0.1) is 0 Å². The Hall–Kier alpha value is -2.34. The van der Waals surface area contributed by atoms with Gasteiger partial charge in [-0.25, -0.2) is 4.79 Å². The summed E-state index contributed by atoms with van der Waals surface area (Å²) in [5, 5.41) is 0. The molecule has 0 saturated carbocycles. The van der Waals surface area contributed by atoms with Gasteiger partial charge in [0.1, 0.15) is 12.2 Å². The van der Waals surface area contributed by atoms with Crippen LogP contribution in [-0.4, -0.2) is 35.8 Å². The van der Waals surface area contributed by atoms with E-state index in [4.69, 9.17) is 0 Å². The minimum absolute atomic E-state index is 0.132. The van der Waals surface area contributed by atoms with Gasteiger partial charge in [-0.15, -0.1) is 0 Å². The number of ether oxygens (including phenoxy) is 1. The molecule has 0 saturated heterocycles.